The van der Waals surface area contributed by atoms with E-state index < -0.39 is 0 Å². The van der Waals surface area contributed by atoms with Crippen LogP contribution in [0.2, 0.25) is 0 Å². The molecule has 0 bridgehead atoms. The molecule has 0 spiro atoms. The summed E-state index contributed by atoms with van der Waals surface area (Å²) in [4.78, 5) is 4.19. The van der Waals surface area contributed by atoms with Crippen LogP contribution in [0, 0.1) is 5.92 Å². The van der Waals surface area contributed by atoms with Gasteiger partial charge in [-0.2, -0.15) is 0 Å². The Hall–Kier alpha value is -1.81. The van der Waals surface area contributed by atoms with Crippen LogP contribution < -0.4 is 11.1 Å². The predicted octanol–water partition coefficient (Wildman–Crippen LogP) is 2.90. The molecular weight excluding hydrogens is 238 g/mol. The molecule has 4 heteroatoms. The number of ether oxygens (including phenoxy) is 1. The third-order valence-corrected chi connectivity index (χ3v) is 3.34. The normalized spacial score (nSPS) is 12.8. The van der Waals surface area contributed by atoms with Gasteiger partial charge in [-0.1, -0.05) is 13.8 Å². The number of hydrogen-bond donors (Lipinski definition) is 2. The van der Waals surface area contributed by atoms with Crippen LogP contribution in [-0.4, -0.2) is 24.7 Å². The molecule has 0 aliphatic heterocycles. The van der Waals surface area contributed by atoms with Gasteiger partial charge in [0.15, 0.2) is 0 Å². The number of pyridine rings is 1. The number of nitrogens with zero attached hydrogens (tertiary/aromatic N) is 1. The molecule has 1 aromatic carbocycles. The van der Waals surface area contributed by atoms with Crippen LogP contribution in [0.15, 0.2) is 30.6 Å². The molecule has 0 saturated heterocycles. The molecule has 1 atom stereocenters. The maximum absolute atomic E-state index is 5.99. The highest BCUT2D eigenvalue weighted by Crippen LogP contribution is 2.28. The minimum Gasteiger partial charge on any atom is -0.398 e. The van der Waals surface area contributed by atoms with Crippen LogP contribution in [0.5, 0.6) is 0 Å². The molecule has 0 saturated carbocycles. The largest absolute Gasteiger partial charge is 0.398 e. The number of benzene rings is 1. The summed E-state index contributed by atoms with van der Waals surface area (Å²) < 4.78 is 5.27. The highest BCUT2D eigenvalue weighted by atomic mass is 16.5. The lowest BCUT2D eigenvalue weighted by Crippen LogP contribution is -2.30. The Morgan fingerprint density at radius 1 is 1.26 bits per heavy atom. The molecule has 0 radical (unpaired) electrons. The summed E-state index contributed by atoms with van der Waals surface area (Å²) in [5.74, 6) is 0.476. The summed E-state index contributed by atoms with van der Waals surface area (Å²) in [5, 5.41) is 5.60. The van der Waals surface area contributed by atoms with Crippen molar-refractivity contribution in [3.63, 3.8) is 0 Å². The van der Waals surface area contributed by atoms with Crippen LogP contribution in [0.25, 0.3) is 10.8 Å². The predicted molar refractivity (Wildman–Crippen MR) is 80.3 cm³/mol. The van der Waals surface area contributed by atoms with E-state index >= 15 is 0 Å². The number of fused-ring (bicyclic) bond motifs is 1. The number of hydrogen-bond acceptors (Lipinski definition) is 4. The molecule has 1 unspecified atom stereocenters. The van der Waals surface area contributed by atoms with Crippen molar-refractivity contribution in [2.24, 2.45) is 5.92 Å². The van der Waals surface area contributed by atoms with Gasteiger partial charge in [0.1, 0.15) is 0 Å². The molecule has 1 heterocycles. The second-order valence-electron chi connectivity index (χ2n) is 5.07. The maximum atomic E-state index is 5.99. The van der Waals surface area contributed by atoms with E-state index in [4.69, 9.17) is 10.5 Å². The first kappa shape index (κ1) is 13.6. The topological polar surface area (TPSA) is 60.2 Å². The van der Waals surface area contributed by atoms with Gasteiger partial charge in [0.2, 0.25) is 0 Å². The molecular formula is C15H21N3O. The minimum atomic E-state index is 0.261. The molecule has 0 aliphatic rings. The highest BCUT2D eigenvalue weighted by Gasteiger charge is 2.14. The SMILES string of the molecule is COCC(Nc1ccc(N)c2ccncc12)C(C)C. The molecule has 0 amide bonds. The first-order chi connectivity index (χ1) is 9.13. The van der Waals surface area contributed by atoms with Crippen molar-refractivity contribution in [3.05, 3.63) is 30.6 Å². The van der Waals surface area contributed by atoms with E-state index in [9.17, 15) is 0 Å². The van der Waals surface area contributed by atoms with Crippen molar-refractivity contribution in [1.82, 2.24) is 4.98 Å². The molecule has 0 aliphatic carbocycles. The fourth-order valence-corrected chi connectivity index (χ4v) is 2.12. The second-order valence-corrected chi connectivity index (χ2v) is 5.07. The van der Waals surface area contributed by atoms with Crippen molar-refractivity contribution in [2.75, 3.05) is 24.8 Å². The fraction of sp³-hybridized carbons (Fsp3) is 0.400. The van der Waals surface area contributed by atoms with E-state index in [1.54, 1.807) is 13.3 Å². The molecule has 4 nitrogen and oxygen atoms in total. The lowest BCUT2D eigenvalue weighted by molar-refractivity contribution is 0.171. The number of aromatic nitrogens is 1. The third kappa shape index (κ3) is 2.96. The Morgan fingerprint density at radius 2 is 2.05 bits per heavy atom. The average molecular weight is 259 g/mol. The molecule has 1 aromatic heterocycles. The molecule has 0 fully saturated rings. The van der Waals surface area contributed by atoms with Crippen molar-refractivity contribution in [2.45, 2.75) is 19.9 Å². The zero-order valence-electron chi connectivity index (χ0n) is 11.7. The Kier molecular flexibility index (Phi) is 4.22. The molecule has 19 heavy (non-hydrogen) atoms. The molecule has 3 N–H and O–H groups in total. The second kappa shape index (κ2) is 5.89. The van der Waals surface area contributed by atoms with Crippen molar-refractivity contribution < 1.29 is 4.74 Å². The van der Waals surface area contributed by atoms with Gasteiger partial charge in [-0.25, -0.2) is 0 Å². The van der Waals surface area contributed by atoms with Crippen molar-refractivity contribution in [1.29, 1.82) is 0 Å². The Morgan fingerprint density at radius 3 is 2.74 bits per heavy atom. The van der Waals surface area contributed by atoms with Crippen LogP contribution in [0.3, 0.4) is 0 Å². The number of nitrogen functional groups attached to an aromatic ring is 1. The van der Waals surface area contributed by atoms with Crippen LogP contribution >= 0.6 is 0 Å². The van der Waals surface area contributed by atoms with Crippen LogP contribution in [0.4, 0.5) is 11.4 Å². The number of rotatable bonds is 5. The minimum absolute atomic E-state index is 0.261. The van der Waals surface area contributed by atoms with Crippen molar-refractivity contribution in [3.8, 4) is 0 Å². The number of methoxy groups -OCH3 is 1. The Bertz CT molecular complexity index is 554. The first-order valence-corrected chi connectivity index (χ1v) is 6.51. The van der Waals surface area contributed by atoms with Crippen LogP contribution in [0.1, 0.15) is 13.8 Å². The average Bonchev–Trinajstić information content (AvgIpc) is 2.41. The van der Waals surface area contributed by atoms with E-state index in [-0.39, 0.29) is 6.04 Å². The van der Waals surface area contributed by atoms with Gasteiger partial charge in [0, 0.05) is 41.7 Å². The van der Waals surface area contributed by atoms with E-state index in [0.29, 0.717) is 12.5 Å². The van der Waals surface area contributed by atoms with Gasteiger partial charge in [-0.05, 0) is 24.1 Å². The van der Waals surface area contributed by atoms with Crippen LogP contribution in [-0.2, 0) is 4.74 Å². The summed E-state index contributed by atoms with van der Waals surface area (Å²) in [6, 6.07) is 6.13. The van der Waals surface area contributed by atoms with Gasteiger partial charge in [-0.15, -0.1) is 0 Å². The summed E-state index contributed by atoms with van der Waals surface area (Å²) in [6.07, 6.45) is 3.61. The monoisotopic (exact) mass is 259 g/mol. The van der Waals surface area contributed by atoms with Gasteiger partial charge in [0.25, 0.3) is 0 Å². The highest BCUT2D eigenvalue weighted by molar-refractivity contribution is 6.00. The molecule has 102 valence electrons. The Balaban J connectivity index is 2.37. The smallest absolute Gasteiger partial charge is 0.0666 e. The summed E-state index contributed by atoms with van der Waals surface area (Å²) in [5.41, 5.74) is 7.82. The quantitative estimate of drug-likeness (QED) is 0.811. The number of nitrogens with one attached hydrogen (secondary N) is 1. The standard InChI is InChI=1S/C15H21N3O/c1-10(2)15(9-19-3)18-14-5-4-13(16)11-6-7-17-8-12(11)14/h4-8,10,15,18H,9,16H2,1-3H3. The lowest BCUT2D eigenvalue weighted by atomic mass is 10.0. The first-order valence-electron chi connectivity index (χ1n) is 6.51. The summed E-state index contributed by atoms with van der Waals surface area (Å²) >= 11 is 0. The number of anilines is 2. The van der Waals surface area contributed by atoms with E-state index in [1.807, 2.05) is 24.4 Å². The van der Waals surface area contributed by atoms with Crippen molar-refractivity contribution >= 4 is 22.1 Å². The zero-order valence-corrected chi connectivity index (χ0v) is 11.7. The van der Waals surface area contributed by atoms with E-state index in [0.717, 1.165) is 22.1 Å². The van der Waals surface area contributed by atoms with E-state index in [1.165, 1.54) is 0 Å². The third-order valence-electron chi connectivity index (χ3n) is 3.34. The number of nitrogens with two attached hydrogens (primary N) is 1. The summed E-state index contributed by atoms with van der Waals surface area (Å²) in [7, 11) is 1.72. The van der Waals surface area contributed by atoms with Gasteiger partial charge >= 0.3 is 0 Å². The van der Waals surface area contributed by atoms with E-state index in [2.05, 4.69) is 24.1 Å². The van der Waals surface area contributed by atoms with Gasteiger partial charge in [0.05, 0.1) is 12.6 Å². The molecule has 2 rings (SSSR count). The van der Waals surface area contributed by atoms with Gasteiger partial charge < -0.3 is 15.8 Å². The Labute approximate surface area is 114 Å². The zero-order chi connectivity index (χ0) is 13.8. The summed E-state index contributed by atoms with van der Waals surface area (Å²) in [6.45, 7) is 5.02. The van der Waals surface area contributed by atoms with Gasteiger partial charge in [-0.3, -0.25) is 4.98 Å². The molecule has 2 aromatic rings. The fourth-order valence-electron chi connectivity index (χ4n) is 2.12. The lowest BCUT2D eigenvalue weighted by Gasteiger charge is -2.23. The maximum Gasteiger partial charge on any atom is 0.0666 e.